The molecule has 0 spiro atoms. The Morgan fingerprint density at radius 2 is 1.94 bits per heavy atom. The van der Waals surface area contributed by atoms with Gasteiger partial charge in [-0.2, -0.15) is 21.6 Å². The molecule has 0 aliphatic carbocycles. The second-order valence-electron chi connectivity index (χ2n) is 2.50. The molecule has 0 atom stereocenters. The average molecular weight is 266 g/mol. The van der Waals surface area contributed by atoms with E-state index in [1.54, 1.807) is 0 Å². The Hall–Kier alpha value is -0.350. The first-order valence-electron chi connectivity index (χ1n) is 3.47. The van der Waals surface area contributed by atoms with E-state index in [0.717, 1.165) is 6.20 Å². The fourth-order valence-corrected chi connectivity index (χ4v) is 1.17. The van der Waals surface area contributed by atoms with E-state index in [9.17, 15) is 21.6 Å². The zero-order valence-corrected chi connectivity index (χ0v) is 7.80. The van der Waals surface area contributed by atoms with Gasteiger partial charge in [-0.25, -0.2) is 9.71 Å². The van der Waals surface area contributed by atoms with Gasteiger partial charge in [0, 0.05) is 6.20 Å². The van der Waals surface area contributed by atoms with Gasteiger partial charge in [-0.1, -0.05) is 0 Å². The number of aromatic nitrogens is 1. The SMILES string of the molecule is O=S(=O)(O)Nc1cc(C(F)(F)F)ccn1.[NaH]. The molecule has 0 fully saturated rings. The molecule has 0 aliphatic rings. The summed E-state index contributed by atoms with van der Waals surface area (Å²) in [4.78, 5) is 3.29. The molecule has 16 heavy (non-hydrogen) atoms. The maximum absolute atomic E-state index is 12.1. The molecule has 5 nitrogen and oxygen atoms in total. The van der Waals surface area contributed by atoms with Gasteiger partial charge in [0.15, 0.2) is 0 Å². The van der Waals surface area contributed by atoms with Crippen LogP contribution in [-0.4, -0.2) is 47.5 Å². The van der Waals surface area contributed by atoms with Crippen LogP contribution in [0.5, 0.6) is 0 Å². The molecule has 10 heteroatoms. The molecule has 86 valence electrons. The molecule has 1 rings (SSSR count). The van der Waals surface area contributed by atoms with Crippen LogP contribution in [-0.2, 0) is 16.5 Å². The van der Waals surface area contributed by atoms with E-state index in [-0.39, 0.29) is 29.6 Å². The maximum atomic E-state index is 12.1. The van der Waals surface area contributed by atoms with Gasteiger partial charge in [-0.05, 0) is 12.1 Å². The van der Waals surface area contributed by atoms with Gasteiger partial charge in [0.2, 0.25) is 0 Å². The van der Waals surface area contributed by atoms with E-state index < -0.39 is 27.9 Å². The molecule has 2 N–H and O–H groups in total. The van der Waals surface area contributed by atoms with Crippen molar-refractivity contribution in [2.24, 2.45) is 0 Å². The van der Waals surface area contributed by atoms with Crippen LogP contribution in [0.15, 0.2) is 18.3 Å². The predicted molar refractivity (Wildman–Crippen MR) is 51.6 cm³/mol. The zero-order chi connectivity index (χ0) is 11.7. The van der Waals surface area contributed by atoms with Gasteiger partial charge >= 0.3 is 46.0 Å². The minimum absolute atomic E-state index is 0. The Morgan fingerprint density at radius 1 is 1.38 bits per heavy atom. The van der Waals surface area contributed by atoms with Crippen LogP contribution in [0.3, 0.4) is 0 Å². The van der Waals surface area contributed by atoms with Crippen molar-refractivity contribution in [3.8, 4) is 0 Å². The fourth-order valence-electron chi connectivity index (χ4n) is 0.795. The van der Waals surface area contributed by atoms with Gasteiger partial charge < -0.3 is 0 Å². The Labute approximate surface area is 111 Å². The molecule has 1 heterocycles. The molecule has 0 saturated carbocycles. The molecule has 0 radical (unpaired) electrons. The van der Waals surface area contributed by atoms with Crippen molar-refractivity contribution in [3.63, 3.8) is 0 Å². The molecule has 0 saturated heterocycles. The van der Waals surface area contributed by atoms with Crippen molar-refractivity contribution in [2.75, 3.05) is 4.72 Å². The molecule has 1 aromatic rings. The quantitative estimate of drug-likeness (QED) is 0.609. The number of nitrogens with one attached hydrogen (secondary N) is 1. The summed E-state index contributed by atoms with van der Waals surface area (Å²) in [5, 5.41) is 0. The summed E-state index contributed by atoms with van der Waals surface area (Å²) in [6.45, 7) is 0. The fraction of sp³-hybridized carbons (Fsp3) is 0.167. The number of anilines is 1. The van der Waals surface area contributed by atoms with Gasteiger partial charge in [0.1, 0.15) is 5.82 Å². The van der Waals surface area contributed by atoms with Gasteiger partial charge in [-0.3, -0.25) is 4.55 Å². The van der Waals surface area contributed by atoms with Gasteiger partial charge in [-0.15, -0.1) is 0 Å². The molecule has 0 aliphatic heterocycles. The second-order valence-corrected chi connectivity index (χ2v) is 3.66. The van der Waals surface area contributed by atoms with Crippen molar-refractivity contribution in [3.05, 3.63) is 23.9 Å². The van der Waals surface area contributed by atoms with E-state index >= 15 is 0 Å². The van der Waals surface area contributed by atoms with Crippen molar-refractivity contribution in [1.82, 2.24) is 4.98 Å². The molecule has 0 amide bonds. The summed E-state index contributed by atoms with van der Waals surface area (Å²) in [5.74, 6) is -0.604. The Morgan fingerprint density at radius 3 is 2.38 bits per heavy atom. The first kappa shape index (κ1) is 15.7. The summed E-state index contributed by atoms with van der Waals surface area (Å²) in [6, 6.07) is 1.14. The van der Waals surface area contributed by atoms with E-state index in [0.29, 0.717) is 12.1 Å². The van der Waals surface area contributed by atoms with Crippen LogP contribution in [0.2, 0.25) is 0 Å². The molecule has 0 aromatic carbocycles. The van der Waals surface area contributed by atoms with Gasteiger partial charge in [0.25, 0.3) is 0 Å². The predicted octanol–water partition coefficient (Wildman–Crippen LogP) is 0.667. The van der Waals surface area contributed by atoms with Crippen LogP contribution in [0.1, 0.15) is 5.56 Å². The van der Waals surface area contributed by atoms with Crippen LogP contribution in [0.4, 0.5) is 19.0 Å². The molecular weight excluding hydrogens is 260 g/mol. The van der Waals surface area contributed by atoms with Crippen molar-refractivity contribution in [1.29, 1.82) is 0 Å². The van der Waals surface area contributed by atoms with Crippen LogP contribution >= 0.6 is 0 Å². The van der Waals surface area contributed by atoms with E-state index in [2.05, 4.69) is 4.98 Å². The first-order chi connectivity index (χ1) is 6.68. The summed E-state index contributed by atoms with van der Waals surface area (Å²) in [6.07, 6.45) is -3.82. The monoisotopic (exact) mass is 266 g/mol. The third kappa shape index (κ3) is 5.12. The van der Waals surface area contributed by atoms with Crippen molar-refractivity contribution in [2.45, 2.75) is 6.18 Å². The number of hydrogen-bond donors (Lipinski definition) is 2. The number of halogens is 3. The third-order valence-corrected chi connectivity index (χ3v) is 1.79. The summed E-state index contributed by atoms with van der Waals surface area (Å²) < 4.78 is 66.7. The van der Waals surface area contributed by atoms with Crippen molar-refractivity contribution < 1.29 is 26.1 Å². The molecule has 0 bridgehead atoms. The molecule has 0 unspecified atom stereocenters. The number of pyridine rings is 1. The Kier molecular flexibility index (Phi) is 5.20. The van der Waals surface area contributed by atoms with Crippen molar-refractivity contribution >= 4 is 45.7 Å². The topological polar surface area (TPSA) is 79.3 Å². The van der Waals surface area contributed by atoms with E-state index in [4.69, 9.17) is 4.55 Å². The minimum atomic E-state index is -4.62. The van der Waals surface area contributed by atoms with Gasteiger partial charge in [0.05, 0.1) is 5.56 Å². The average Bonchev–Trinajstić information content (AvgIpc) is 1.99. The standard InChI is InChI=1S/C6H5F3N2O3S.Na.H/c7-6(8,9)4-1-2-10-5(3-4)11-15(12,13)14;;/h1-3H,(H,10,11)(H,12,13,14);;. The Balaban J connectivity index is 0.00000225. The second kappa shape index (κ2) is 5.32. The Bertz CT molecular complexity index is 462. The first-order valence-corrected chi connectivity index (χ1v) is 4.91. The van der Waals surface area contributed by atoms with E-state index in [1.165, 1.54) is 4.72 Å². The number of hydrogen-bond acceptors (Lipinski definition) is 3. The molecule has 1 aromatic heterocycles. The summed E-state index contributed by atoms with van der Waals surface area (Å²) in [5.41, 5.74) is -1.07. The zero-order valence-electron chi connectivity index (χ0n) is 6.99. The third-order valence-electron chi connectivity index (χ3n) is 1.32. The van der Waals surface area contributed by atoms with Crippen LogP contribution < -0.4 is 4.72 Å². The summed E-state index contributed by atoms with van der Waals surface area (Å²) in [7, 11) is -4.62. The number of rotatable bonds is 2. The van der Waals surface area contributed by atoms with Crippen LogP contribution in [0.25, 0.3) is 0 Å². The normalized spacial score (nSPS) is 11.8. The molecular formula is C6H6F3N2NaO3S. The van der Waals surface area contributed by atoms with E-state index in [1.807, 2.05) is 0 Å². The number of alkyl halides is 3. The number of nitrogens with zero attached hydrogens (tertiary/aromatic N) is 1. The summed E-state index contributed by atoms with van der Waals surface area (Å²) >= 11 is 0. The van der Waals surface area contributed by atoms with Crippen LogP contribution in [0, 0.1) is 0 Å².